The minimum Gasteiger partial charge on any atom is -0.480 e. The lowest BCUT2D eigenvalue weighted by atomic mass is 10.1. The van der Waals surface area contributed by atoms with Crippen molar-refractivity contribution in [2.24, 2.45) is 0 Å². The number of aliphatic carboxylic acids is 1. The number of benzene rings is 2. The summed E-state index contributed by atoms with van der Waals surface area (Å²) in [6.45, 7) is 0.699. The van der Waals surface area contributed by atoms with Crippen LogP contribution in [-0.2, 0) is 40.6 Å². The lowest BCUT2D eigenvalue weighted by Gasteiger charge is -2.16. The molecule has 8 nitrogen and oxygen atoms in total. The van der Waals surface area contributed by atoms with Gasteiger partial charge in [-0.3, -0.25) is 0 Å². The Kier molecular flexibility index (Phi) is 7.57. The SMILES string of the molecule is O=C(N[C@@H](Cc1cncn1COCc1ccccc1)C(=O)O)OCc1ccccc1. The number of carboxylic acid groups (broad SMARTS) is 1. The third kappa shape index (κ3) is 6.46. The first-order chi connectivity index (χ1) is 14.6. The highest BCUT2D eigenvalue weighted by Crippen LogP contribution is 2.08. The third-order valence-corrected chi connectivity index (χ3v) is 4.36. The maximum Gasteiger partial charge on any atom is 0.408 e. The van der Waals surface area contributed by atoms with Gasteiger partial charge in [0.15, 0.2) is 0 Å². The van der Waals surface area contributed by atoms with Gasteiger partial charge < -0.3 is 24.5 Å². The van der Waals surface area contributed by atoms with E-state index in [1.807, 2.05) is 60.7 Å². The Morgan fingerprint density at radius 2 is 1.63 bits per heavy atom. The molecule has 0 unspecified atom stereocenters. The standard InChI is InChI=1S/C22H23N3O5/c26-21(27)20(24-22(28)30-14-18-9-5-2-6-10-18)11-19-12-23-15-25(19)16-29-13-17-7-3-1-4-8-17/h1-10,12,15,20H,11,13-14,16H2,(H,24,28)(H,26,27)/t20-/m0/s1. The molecule has 1 amide bonds. The van der Waals surface area contributed by atoms with E-state index in [1.165, 1.54) is 0 Å². The summed E-state index contributed by atoms with van der Waals surface area (Å²) in [5, 5.41) is 11.9. The molecule has 0 saturated carbocycles. The summed E-state index contributed by atoms with van der Waals surface area (Å²) >= 11 is 0. The van der Waals surface area contributed by atoms with Crippen LogP contribution in [0.5, 0.6) is 0 Å². The van der Waals surface area contributed by atoms with Crippen LogP contribution in [0.15, 0.2) is 73.2 Å². The Labute approximate surface area is 174 Å². The Morgan fingerprint density at radius 1 is 1.00 bits per heavy atom. The van der Waals surface area contributed by atoms with Gasteiger partial charge in [0.1, 0.15) is 19.4 Å². The zero-order chi connectivity index (χ0) is 21.2. The number of amides is 1. The van der Waals surface area contributed by atoms with Crippen LogP contribution in [-0.4, -0.2) is 32.8 Å². The second-order valence-corrected chi connectivity index (χ2v) is 6.62. The number of rotatable bonds is 10. The molecule has 0 fully saturated rings. The highest BCUT2D eigenvalue weighted by Gasteiger charge is 2.23. The summed E-state index contributed by atoms with van der Waals surface area (Å²) in [5.41, 5.74) is 2.47. The van der Waals surface area contributed by atoms with Gasteiger partial charge in [0.25, 0.3) is 0 Å². The number of ether oxygens (including phenoxy) is 2. The second-order valence-electron chi connectivity index (χ2n) is 6.62. The van der Waals surface area contributed by atoms with E-state index in [2.05, 4.69) is 10.3 Å². The third-order valence-electron chi connectivity index (χ3n) is 4.36. The summed E-state index contributed by atoms with van der Waals surface area (Å²) in [6.07, 6.45) is 2.37. The predicted molar refractivity (Wildman–Crippen MR) is 108 cm³/mol. The van der Waals surface area contributed by atoms with Crippen molar-refractivity contribution in [1.29, 1.82) is 0 Å². The van der Waals surface area contributed by atoms with Crippen molar-refractivity contribution in [2.45, 2.75) is 32.4 Å². The van der Waals surface area contributed by atoms with E-state index in [0.717, 1.165) is 11.1 Å². The fourth-order valence-electron chi connectivity index (χ4n) is 2.79. The summed E-state index contributed by atoms with van der Waals surface area (Å²) in [5.74, 6) is -1.16. The number of alkyl carbamates (subject to hydrolysis) is 1. The Bertz CT molecular complexity index is 944. The van der Waals surface area contributed by atoms with E-state index >= 15 is 0 Å². The average Bonchev–Trinajstić information content (AvgIpc) is 3.20. The minimum atomic E-state index is -1.16. The summed E-state index contributed by atoms with van der Waals surface area (Å²) in [7, 11) is 0. The van der Waals surface area contributed by atoms with Gasteiger partial charge in [0.2, 0.25) is 0 Å². The van der Waals surface area contributed by atoms with E-state index in [9.17, 15) is 14.7 Å². The number of imidazole rings is 1. The molecule has 3 aromatic rings. The molecule has 0 spiro atoms. The summed E-state index contributed by atoms with van der Waals surface area (Å²) in [6, 6.07) is 17.7. The van der Waals surface area contributed by atoms with Crippen molar-refractivity contribution in [3.63, 3.8) is 0 Å². The van der Waals surface area contributed by atoms with Gasteiger partial charge >= 0.3 is 12.1 Å². The molecular weight excluding hydrogens is 386 g/mol. The largest absolute Gasteiger partial charge is 0.480 e. The molecule has 0 saturated heterocycles. The van der Waals surface area contributed by atoms with Crippen molar-refractivity contribution < 1.29 is 24.2 Å². The number of aromatic nitrogens is 2. The Hall–Kier alpha value is -3.65. The molecule has 156 valence electrons. The molecule has 1 aromatic heterocycles. The number of hydrogen-bond donors (Lipinski definition) is 2. The van der Waals surface area contributed by atoms with Crippen LogP contribution < -0.4 is 5.32 Å². The van der Waals surface area contributed by atoms with Gasteiger partial charge in [-0.2, -0.15) is 0 Å². The molecule has 0 aliphatic heterocycles. The van der Waals surface area contributed by atoms with Crippen molar-refractivity contribution >= 4 is 12.1 Å². The molecule has 0 radical (unpaired) electrons. The fraction of sp³-hybridized carbons (Fsp3) is 0.227. The van der Waals surface area contributed by atoms with E-state index in [4.69, 9.17) is 9.47 Å². The van der Waals surface area contributed by atoms with Crippen LogP contribution in [0, 0.1) is 0 Å². The number of carboxylic acids is 1. The smallest absolute Gasteiger partial charge is 0.408 e. The van der Waals surface area contributed by atoms with Gasteiger partial charge in [0.05, 0.1) is 12.9 Å². The van der Waals surface area contributed by atoms with Crippen LogP contribution >= 0.6 is 0 Å². The zero-order valence-corrected chi connectivity index (χ0v) is 16.3. The van der Waals surface area contributed by atoms with Gasteiger partial charge in [-0.05, 0) is 11.1 Å². The quantitative estimate of drug-likeness (QED) is 0.534. The molecule has 2 aromatic carbocycles. The van der Waals surface area contributed by atoms with E-state index in [-0.39, 0.29) is 19.8 Å². The number of nitrogens with zero attached hydrogens (tertiary/aromatic N) is 2. The molecule has 0 aliphatic rings. The van der Waals surface area contributed by atoms with Crippen molar-refractivity contribution in [2.75, 3.05) is 0 Å². The molecule has 1 heterocycles. The molecule has 30 heavy (non-hydrogen) atoms. The van der Waals surface area contributed by atoms with Gasteiger partial charge in [-0.15, -0.1) is 0 Å². The Balaban J connectivity index is 1.51. The van der Waals surface area contributed by atoms with Crippen LogP contribution in [0.1, 0.15) is 16.8 Å². The maximum absolute atomic E-state index is 12.0. The molecule has 3 rings (SSSR count). The van der Waals surface area contributed by atoms with Crippen molar-refractivity contribution in [1.82, 2.24) is 14.9 Å². The van der Waals surface area contributed by atoms with Gasteiger partial charge in [0, 0.05) is 18.3 Å². The van der Waals surface area contributed by atoms with Gasteiger partial charge in [-0.1, -0.05) is 60.7 Å². The maximum atomic E-state index is 12.0. The van der Waals surface area contributed by atoms with Crippen LogP contribution in [0.25, 0.3) is 0 Å². The number of nitrogens with one attached hydrogen (secondary N) is 1. The lowest BCUT2D eigenvalue weighted by Crippen LogP contribution is -2.42. The normalized spacial score (nSPS) is 11.6. The van der Waals surface area contributed by atoms with E-state index < -0.39 is 18.1 Å². The fourth-order valence-corrected chi connectivity index (χ4v) is 2.79. The van der Waals surface area contributed by atoms with Crippen molar-refractivity contribution in [3.8, 4) is 0 Å². The topological polar surface area (TPSA) is 103 Å². The predicted octanol–water partition coefficient (Wildman–Crippen LogP) is 2.98. The molecule has 1 atom stereocenters. The first-order valence-corrected chi connectivity index (χ1v) is 9.42. The first-order valence-electron chi connectivity index (χ1n) is 9.42. The molecule has 8 heteroatoms. The van der Waals surface area contributed by atoms with Gasteiger partial charge in [-0.25, -0.2) is 14.6 Å². The second kappa shape index (κ2) is 10.8. The van der Waals surface area contributed by atoms with E-state index in [1.54, 1.807) is 17.1 Å². The van der Waals surface area contributed by atoms with E-state index in [0.29, 0.717) is 12.3 Å². The molecule has 0 bridgehead atoms. The summed E-state index contributed by atoms with van der Waals surface area (Å²) in [4.78, 5) is 27.7. The average molecular weight is 409 g/mol. The first kappa shape index (κ1) is 21.1. The molecular formula is C22H23N3O5. The van der Waals surface area contributed by atoms with Crippen LogP contribution in [0.4, 0.5) is 4.79 Å². The van der Waals surface area contributed by atoms with Crippen LogP contribution in [0.3, 0.4) is 0 Å². The number of carbonyl (C=O) groups is 2. The zero-order valence-electron chi connectivity index (χ0n) is 16.3. The highest BCUT2D eigenvalue weighted by atomic mass is 16.5. The summed E-state index contributed by atoms with van der Waals surface area (Å²) < 4.78 is 12.5. The highest BCUT2D eigenvalue weighted by molar-refractivity contribution is 5.80. The van der Waals surface area contributed by atoms with Crippen LogP contribution in [0.2, 0.25) is 0 Å². The molecule has 2 N–H and O–H groups in total. The lowest BCUT2D eigenvalue weighted by molar-refractivity contribution is -0.139. The molecule has 0 aliphatic carbocycles. The number of hydrogen-bond acceptors (Lipinski definition) is 5. The minimum absolute atomic E-state index is 0.0461. The van der Waals surface area contributed by atoms with Crippen molar-refractivity contribution in [3.05, 3.63) is 90.0 Å². The Morgan fingerprint density at radius 3 is 2.27 bits per heavy atom. The monoisotopic (exact) mass is 409 g/mol. The number of carbonyl (C=O) groups excluding carboxylic acids is 1.